The highest BCUT2D eigenvalue weighted by Crippen LogP contribution is 2.43. The molecule has 11 heteroatoms. The Morgan fingerprint density at radius 1 is 1.11 bits per heavy atom. The summed E-state index contributed by atoms with van der Waals surface area (Å²) in [5.41, 5.74) is 1.64. The number of rotatable bonds is 8. The van der Waals surface area contributed by atoms with Crippen molar-refractivity contribution in [3.8, 4) is 11.5 Å². The predicted molar refractivity (Wildman–Crippen MR) is 158 cm³/mol. The van der Waals surface area contributed by atoms with Gasteiger partial charge in [0.2, 0.25) is 5.91 Å². The molecule has 8 nitrogen and oxygen atoms in total. The molecule has 0 atom stereocenters. The molecule has 0 N–H and O–H groups in total. The van der Waals surface area contributed by atoms with Gasteiger partial charge in [0.15, 0.2) is 11.5 Å². The third kappa shape index (κ3) is 5.03. The topological polar surface area (TPSA) is 86.0 Å². The summed E-state index contributed by atoms with van der Waals surface area (Å²) >= 11 is 2.17. The molecule has 0 saturated carbocycles. The zero-order valence-electron chi connectivity index (χ0n) is 22.0. The van der Waals surface area contributed by atoms with Gasteiger partial charge in [0.05, 0.1) is 24.0 Å². The Morgan fingerprint density at radius 2 is 1.87 bits per heavy atom. The van der Waals surface area contributed by atoms with Gasteiger partial charge in [-0.25, -0.2) is 34.1 Å². The smallest absolute Gasteiger partial charge is 0.240 e. The normalized spacial score (nSPS) is 15.3. The number of anilines is 1. The van der Waals surface area contributed by atoms with Gasteiger partial charge in [0.25, 0.3) is 0 Å². The van der Waals surface area contributed by atoms with E-state index in [1.54, 1.807) is 34.0 Å². The van der Waals surface area contributed by atoms with Crippen LogP contribution in [0.1, 0.15) is 25.0 Å². The summed E-state index contributed by atoms with van der Waals surface area (Å²) in [6.07, 6.45) is 8.39. The van der Waals surface area contributed by atoms with Crippen molar-refractivity contribution in [2.45, 2.75) is 25.8 Å². The summed E-state index contributed by atoms with van der Waals surface area (Å²) in [7, 11) is -0.705. The molecule has 5 rings (SSSR count). The van der Waals surface area contributed by atoms with Crippen LogP contribution < -0.4 is 4.90 Å². The monoisotopic (exact) mass is 648 g/mol. The minimum Gasteiger partial charge on any atom is -0.360 e. The zero-order chi connectivity index (χ0) is 27.2. The average Bonchev–Trinajstić information content (AvgIpc) is 3.31. The highest BCUT2D eigenvalue weighted by molar-refractivity contribution is 14.1. The predicted octanol–water partition coefficient (Wildman–Crippen LogP) is 4.97. The number of fused-ring (bicyclic) bond motifs is 2. The van der Waals surface area contributed by atoms with Crippen molar-refractivity contribution in [2.75, 3.05) is 42.8 Å². The van der Waals surface area contributed by atoms with E-state index in [1.807, 2.05) is 26.0 Å². The van der Waals surface area contributed by atoms with Crippen LogP contribution in [0.25, 0.3) is 22.6 Å². The highest BCUT2D eigenvalue weighted by Gasteiger charge is 2.47. The van der Waals surface area contributed by atoms with Gasteiger partial charge in [-0.1, -0.05) is 18.2 Å². The number of aromatic nitrogens is 5. The third-order valence-corrected chi connectivity index (χ3v) is 8.74. The van der Waals surface area contributed by atoms with E-state index in [4.69, 9.17) is 19.8 Å². The minimum absolute atomic E-state index is 0.0726. The molecule has 0 bridgehead atoms. The molecule has 4 heterocycles. The van der Waals surface area contributed by atoms with Gasteiger partial charge >= 0.3 is 0 Å². The van der Waals surface area contributed by atoms with Gasteiger partial charge in [-0.3, -0.25) is 9.69 Å². The Bertz CT molecular complexity index is 1530. The van der Waals surface area contributed by atoms with Crippen molar-refractivity contribution in [1.29, 1.82) is 0 Å². The molecule has 200 valence electrons. The fraction of sp³-hybridized carbons (Fsp3) is 0.370. The van der Waals surface area contributed by atoms with Crippen molar-refractivity contribution >= 4 is 55.4 Å². The molecule has 1 aliphatic rings. The second-order valence-electron chi connectivity index (χ2n) is 10.7. The molecular weight excluding hydrogens is 618 g/mol. The van der Waals surface area contributed by atoms with Crippen LogP contribution in [0.15, 0.2) is 42.6 Å². The fourth-order valence-corrected chi connectivity index (χ4v) is 6.22. The van der Waals surface area contributed by atoms with Gasteiger partial charge in [-0.15, -0.1) is 0 Å². The van der Waals surface area contributed by atoms with E-state index < -0.39 is 15.4 Å². The lowest BCUT2D eigenvalue weighted by molar-refractivity contribution is -0.123. The molecule has 1 aliphatic heterocycles. The van der Waals surface area contributed by atoms with Gasteiger partial charge in [0, 0.05) is 23.1 Å². The Hall–Kier alpha value is -2.64. The van der Waals surface area contributed by atoms with E-state index in [-0.39, 0.29) is 25.0 Å². The molecule has 0 spiro atoms. The lowest BCUT2D eigenvalue weighted by Gasteiger charge is -2.25. The number of carbonyl (C=O) groups is 1. The maximum Gasteiger partial charge on any atom is 0.240 e. The number of ether oxygens (including phenoxy) is 1. The highest BCUT2D eigenvalue weighted by atomic mass is 127. The van der Waals surface area contributed by atoms with Crippen molar-refractivity contribution in [1.82, 2.24) is 24.7 Å². The van der Waals surface area contributed by atoms with E-state index >= 15 is 0 Å². The molecule has 0 aliphatic carbocycles. The molecule has 3 aromatic heterocycles. The van der Waals surface area contributed by atoms with Gasteiger partial charge in [-0.05, 0) is 73.4 Å². The Labute approximate surface area is 236 Å². The lowest BCUT2D eigenvalue weighted by Crippen LogP contribution is -2.38. The van der Waals surface area contributed by atoms with Crippen LogP contribution in [0.5, 0.6) is 0 Å². The molecule has 38 heavy (non-hydrogen) atoms. The first kappa shape index (κ1) is 26.9. The fourth-order valence-electron chi connectivity index (χ4n) is 4.46. The van der Waals surface area contributed by atoms with Crippen molar-refractivity contribution in [3.05, 3.63) is 63.2 Å². The van der Waals surface area contributed by atoms with E-state index in [9.17, 15) is 9.18 Å². The number of hydrogen-bond donors (Lipinski definition) is 0. The second-order valence-corrected chi connectivity index (χ2v) is 16.3. The number of carbonyl (C=O) groups excluding carboxylic acids is 1. The van der Waals surface area contributed by atoms with E-state index in [0.717, 1.165) is 16.7 Å². The Kier molecular flexibility index (Phi) is 7.20. The molecule has 0 radical (unpaired) electrons. The van der Waals surface area contributed by atoms with E-state index in [0.29, 0.717) is 38.9 Å². The Morgan fingerprint density at radius 3 is 2.61 bits per heavy atom. The van der Waals surface area contributed by atoms with Gasteiger partial charge in [0.1, 0.15) is 27.8 Å². The minimum atomic E-state index is -0.781. The number of benzene rings is 1. The van der Waals surface area contributed by atoms with Crippen LogP contribution in [-0.2, 0) is 21.5 Å². The molecule has 0 fully saturated rings. The van der Waals surface area contributed by atoms with E-state index in [2.05, 4.69) is 46.3 Å². The van der Waals surface area contributed by atoms with Crippen LogP contribution in [0.4, 0.5) is 10.2 Å². The lowest BCUT2D eigenvalue weighted by atomic mass is 9.88. The largest absolute Gasteiger partial charge is 0.360 e. The van der Waals surface area contributed by atoms with Crippen LogP contribution in [0, 0.1) is 9.52 Å². The summed E-state index contributed by atoms with van der Waals surface area (Å²) in [6, 6.07) is 10.3. The maximum absolute atomic E-state index is 14.4. The molecule has 0 unspecified atom stereocenters. The first-order chi connectivity index (χ1) is 18.0. The maximum atomic E-state index is 14.4. The van der Waals surface area contributed by atoms with Crippen molar-refractivity contribution in [3.63, 3.8) is 0 Å². The second kappa shape index (κ2) is 10.2. The quantitative estimate of drug-likeness (QED) is 0.152. The van der Waals surface area contributed by atoms with Crippen LogP contribution in [0.3, 0.4) is 0 Å². The summed E-state index contributed by atoms with van der Waals surface area (Å²) in [6.45, 7) is 4.69. The number of amides is 1. The van der Waals surface area contributed by atoms with Gasteiger partial charge in [-0.2, -0.15) is 5.10 Å². The first-order valence-electron chi connectivity index (χ1n) is 12.2. The van der Waals surface area contributed by atoms with Crippen molar-refractivity contribution < 1.29 is 13.9 Å². The number of halogens is 2. The molecule has 1 amide bonds. The van der Waals surface area contributed by atoms with Crippen molar-refractivity contribution in [2.24, 2.45) is 0 Å². The summed E-state index contributed by atoms with van der Waals surface area (Å²) in [4.78, 5) is 29.2. The molecule has 0 saturated heterocycles. The molecule has 1 aromatic carbocycles. The van der Waals surface area contributed by atoms with E-state index in [1.165, 1.54) is 6.07 Å². The standard InChI is InChI=1S/C27H30FIN6O2S/c1-27(2)20-22(29)31-23(32-25(20)34(26(27)36)16-37-13-14-38(3,4)5)21-18-10-8-12-30-24(18)35(33-21)15-17-9-6-7-11-19(17)28/h6-12H,13-16H2,1-5H3. The number of pyridine rings is 1. The first-order valence-corrected chi connectivity index (χ1v) is 16.3. The third-order valence-electron chi connectivity index (χ3n) is 6.56. The van der Waals surface area contributed by atoms with Crippen LogP contribution >= 0.6 is 32.6 Å². The number of hydrogen-bond acceptors (Lipinski definition) is 6. The SMILES string of the molecule is CC1(C)C(=O)N(COCCS(C)(C)C)c2nc(-c3nn(Cc4ccccc4F)c4ncccc34)nc(I)c21. The molecule has 4 aromatic rings. The summed E-state index contributed by atoms with van der Waals surface area (Å²) < 4.78 is 22.7. The summed E-state index contributed by atoms with van der Waals surface area (Å²) in [5, 5.41) is 5.52. The van der Waals surface area contributed by atoms with Crippen LogP contribution in [0.2, 0.25) is 0 Å². The van der Waals surface area contributed by atoms with Crippen LogP contribution in [-0.4, -0.2) is 68.5 Å². The number of nitrogens with zero attached hydrogens (tertiary/aromatic N) is 6. The zero-order valence-corrected chi connectivity index (χ0v) is 25.0. The molecular formula is C27H30FIN6O2S. The summed E-state index contributed by atoms with van der Waals surface area (Å²) in [5.74, 6) is 1.50. The average molecular weight is 649 g/mol. The van der Waals surface area contributed by atoms with Gasteiger partial charge < -0.3 is 4.74 Å². The Balaban J connectivity index is 1.55.